The zero-order valence-corrected chi connectivity index (χ0v) is 12.3. The number of benzene rings is 1. The summed E-state index contributed by atoms with van der Waals surface area (Å²) in [6.45, 7) is 10.1. The minimum atomic E-state index is 0.255. The molecule has 1 heteroatoms. The Hall–Kier alpha value is -0.820. The second-order valence-electron chi connectivity index (χ2n) is 6.81. The van der Waals surface area contributed by atoms with Gasteiger partial charge in [0.05, 0.1) is 0 Å². The highest BCUT2D eigenvalue weighted by atomic mass is 14.9. The molecule has 1 aliphatic rings. The Morgan fingerprint density at radius 2 is 1.78 bits per heavy atom. The molecule has 1 aromatic rings. The van der Waals surface area contributed by atoms with Gasteiger partial charge in [-0.25, -0.2) is 0 Å². The van der Waals surface area contributed by atoms with Crippen molar-refractivity contribution < 1.29 is 0 Å². The summed E-state index contributed by atoms with van der Waals surface area (Å²) in [7, 11) is 0. The first-order valence-corrected chi connectivity index (χ1v) is 7.29. The summed E-state index contributed by atoms with van der Waals surface area (Å²) in [4.78, 5) is 0. The Bertz CT molecular complexity index is 368. The molecule has 1 fully saturated rings. The van der Waals surface area contributed by atoms with Crippen molar-refractivity contribution in [1.29, 1.82) is 0 Å². The molecule has 1 aromatic carbocycles. The molecule has 2 rings (SSSR count). The van der Waals surface area contributed by atoms with Gasteiger partial charge in [-0.2, -0.15) is 0 Å². The van der Waals surface area contributed by atoms with E-state index < -0.39 is 0 Å². The van der Waals surface area contributed by atoms with Crippen LogP contribution < -0.4 is 5.32 Å². The van der Waals surface area contributed by atoms with E-state index in [4.69, 9.17) is 0 Å². The Morgan fingerprint density at radius 1 is 1.17 bits per heavy atom. The van der Waals surface area contributed by atoms with Crippen molar-refractivity contribution in [2.45, 2.75) is 65.0 Å². The monoisotopic (exact) mass is 245 g/mol. The first-order valence-electron chi connectivity index (χ1n) is 7.29. The summed E-state index contributed by atoms with van der Waals surface area (Å²) in [6.07, 6.45) is 4.26. The molecule has 1 N–H and O–H groups in total. The van der Waals surface area contributed by atoms with E-state index in [-0.39, 0.29) is 5.41 Å². The van der Waals surface area contributed by atoms with Gasteiger partial charge in [-0.15, -0.1) is 0 Å². The Morgan fingerprint density at radius 3 is 2.22 bits per heavy atom. The van der Waals surface area contributed by atoms with E-state index in [9.17, 15) is 0 Å². The molecule has 0 bridgehead atoms. The van der Waals surface area contributed by atoms with E-state index in [1.807, 2.05) is 0 Å². The lowest BCUT2D eigenvalue weighted by Crippen LogP contribution is -2.36. The van der Waals surface area contributed by atoms with Crippen molar-refractivity contribution in [3.63, 3.8) is 0 Å². The van der Waals surface area contributed by atoms with Crippen molar-refractivity contribution in [3.8, 4) is 0 Å². The maximum Gasteiger partial charge on any atom is 0.0208 e. The fraction of sp³-hybridized carbons (Fsp3) is 0.647. The average molecular weight is 245 g/mol. The van der Waals surface area contributed by atoms with Crippen LogP contribution in [0.5, 0.6) is 0 Å². The summed E-state index contributed by atoms with van der Waals surface area (Å²) in [5.41, 5.74) is 3.07. The number of hydrogen-bond donors (Lipinski definition) is 1. The van der Waals surface area contributed by atoms with E-state index in [1.54, 1.807) is 0 Å². The molecular formula is C17H27N. The summed E-state index contributed by atoms with van der Waals surface area (Å²) in [6, 6.07) is 9.74. The maximum atomic E-state index is 3.66. The SMILES string of the molecule is CC(NCc1ccc(C(C)(C)C)cc1)C1CCC1. The molecule has 1 unspecified atom stereocenters. The van der Waals surface area contributed by atoms with Gasteiger partial charge in [-0.3, -0.25) is 0 Å². The maximum absolute atomic E-state index is 3.66. The van der Waals surface area contributed by atoms with E-state index in [2.05, 4.69) is 57.3 Å². The highest BCUT2D eigenvalue weighted by Gasteiger charge is 2.23. The van der Waals surface area contributed by atoms with Crippen LogP contribution in [0.25, 0.3) is 0 Å². The van der Waals surface area contributed by atoms with Crippen LogP contribution in [-0.2, 0) is 12.0 Å². The molecule has 0 aromatic heterocycles. The summed E-state index contributed by atoms with van der Waals surface area (Å²) in [5, 5.41) is 3.66. The quantitative estimate of drug-likeness (QED) is 0.835. The van der Waals surface area contributed by atoms with Gasteiger partial charge < -0.3 is 5.32 Å². The normalized spacial score (nSPS) is 18.4. The molecule has 1 atom stereocenters. The topological polar surface area (TPSA) is 12.0 Å². The lowest BCUT2D eigenvalue weighted by Gasteiger charge is -2.32. The minimum absolute atomic E-state index is 0.255. The van der Waals surface area contributed by atoms with Gasteiger partial charge in [0.25, 0.3) is 0 Å². The fourth-order valence-corrected chi connectivity index (χ4v) is 2.51. The Balaban J connectivity index is 1.86. The highest BCUT2D eigenvalue weighted by Crippen LogP contribution is 2.29. The van der Waals surface area contributed by atoms with Gasteiger partial charge >= 0.3 is 0 Å². The molecule has 0 heterocycles. The largest absolute Gasteiger partial charge is 0.310 e. The summed E-state index contributed by atoms with van der Waals surface area (Å²) < 4.78 is 0. The van der Waals surface area contributed by atoms with Crippen LogP contribution in [0.15, 0.2) is 24.3 Å². The predicted octanol–water partition coefficient (Wildman–Crippen LogP) is 4.26. The van der Waals surface area contributed by atoms with Crippen LogP contribution in [0.3, 0.4) is 0 Å². The standard InChI is InChI=1S/C17H27N/c1-13(15-6-5-7-15)18-12-14-8-10-16(11-9-14)17(2,3)4/h8-11,13,15,18H,5-7,12H2,1-4H3. The van der Waals surface area contributed by atoms with Crippen LogP contribution in [0, 0.1) is 5.92 Å². The van der Waals surface area contributed by atoms with Gasteiger partial charge in [0.15, 0.2) is 0 Å². The van der Waals surface area contributed by atoms with Gasteiger partial charge in [0.1, 0.15) is 0 Å². The average Bonchev–Trinajstić information content (AvgIpc) is 2.23. The van der Waals surface area contributed by atoms with E-state index in [0.29, 0.717) is 6.04 Å². The molecule has 0 spiro atoms. The molecular weight excluding hydrogens is 218 g/mol. The molecule has 1 saturated carbocycles. The van der Waals surface area contributed by atoms with Crippen molar-refractivity contribution in [2.75, 3.05) is 0 Å². The third-order valence-corrected chi connectivity index (χ3v) is 4.31. The van der Waals surface area contributed by atoms with E-state index in [1.165, 1.54) is 30.4 Å². The zero-order chi connectivity index (χ0) is 13.2. The molecule has 1 nitrogen and oxygen atoms in total. The van der Waals surface area contributed by atoms with Gasteiger partial charge in [-0.05, 0) is 42.2 Å². The Kier molecular flexibility index (Phi) is 4.11. The molecule has 0 amide bonds. The van der Waals surface area contributed by atoms with Gasteiger partial charge in [0.2, 0.25) is 0 Å². The number of nitrogens with one attached hydrogen (secondary N) is 1. The second kappa shape index (κ2) is 5.44. The molecule has 1 aliphatic carbocycles. The van der Waals surface area contributed by atoms with Crippen LogP contribution in [-0.4, -0.2) is 6.04 Å². The van der Waals surface area contributed by atoms with Crippen LogP contribution in [0.4, 0.5) is 0 Å². The van der Waals surface area contributed by atoms with Gasteiger partial charge in [0, 0.05) is 12.6 Å². The van der Waals surface area contributed by atoms with Crippen molar-refractivity contribution in [1.82, 2.24) is 5.32 Å². The second-order valence-corrected chi connectivity index (χ2v) is 6.81. The molecule has 0 aliphatic heterocycles. The van der Waals surface area contributed by atoms with Crippen molar-refractivity contribution in [2.24, 2.45) is 5.92 Å². The molecule has 100 valence electrons. The first-order chi connectivity index (χ1) is 8.47. The summed E-state index contributed by atoms with van der Waals surface area (Å²) in [5.74, 6) is 0.916. The molecule has 0 saturated heterocycles. The minimum Gasteiger partial charge on any atom is -0.310 e. The number of rotatable bonds is 4. The van der Waals surface area contributed by atoms with E-state index >= 15 is 0 Å². The molecule has 18 heavy (non-hydrogen) atoms. The third kappa shape index (κ3) is 3.35. The van der Waals surface area contributed by atoms with Gasteiger partial charge in [-0.1, -0.05) is 51.5 Å². The van der Waals surface area contributed by atoms with Crippen LogP contribution in [0.2, 0.25) is 0 Å². The number of hydrogen-bond acceptors (Lipinski definition) is 1. The smallest absolute Gasteiger partial charge is 0.0208 e. The van der Waals surface area contributed by atoms with Crippen LogP contribution >= 0.6 is 0 Å². The Labute approximate surface area is 112 Å². The lowest BCUT2D eigenvalue weighted by atomic mass is 9.80. The third-order valence-electron chi connectivity index (χ3n) is 4.31. The molecule has 0 radical (unpaired) electrons. The van der Waals surface area contributed by atoms with Crippen LogP contribution in [0.1, 0.15) is 58.1 Å². The summed E-state index contributed by atoms with van der Waals surface area (Å²) >= 11 is 0. The van der Waals surface area contributed by atoms with Crippen molar-refractivity contribution >= 4 is 0 Å². The first kappa shape index (κ1) is 13.6. The lowest BCUT2D eigenvalue weighted by molar-refractivity contribution is 0.240. The predicted molar refractivity (Wildman–Crippen MR) is 78.8 cm³/mol. The highest BCUT2D eigenvalue weighted by molar-refractivity contribution is 5.27. The van der Waals surface area contributed by atoms with E-state index in [0.717, 1.165) is 12.5 Å². The zero-order valence-electron chi connectivity index (χ0n) is 12.3. The fourth-order valence-electron chi connectivity index (χ4n) is 2.51. The van der Waals surface area contributed by atoms with Crippen molar-refractivity contribution in [3.05, 3.63) is 35.4 Å².